The van der Waals surface area contributed by atoms with Crippen molar-refractivity contribution in [3.63, 3.8) is 0 Å². The quantitative estimate of drug-likeness (QED) is 0.837. The summed E-state index contributed by atoms with van der Waals surface area (Å²) < 4.78 is 0. The van der Waals surface area contributed by atoms with Gasteiger partial charge in [-0.1, -0.05) is 37.3 Å². The molecule has 3 nitrogen and oxygen atoms in total. The van der Waals surface area contributed by atoms with Crippen molar-refractivity contribution in [1.29, 1.82) is 0 Å². The van der Waals surface area contributed by atoms with Gasteiger partial charge in [0, 0.05) is 30.7 Å². The first kappa shape index (κ1) is 14.0. The second-order valence-electron chi connectivity index (χ2n) is 4.72. The molecule has 0 atom stereocenters. The molecule has 0 aliphatic heterocycles. The van der Waals surface area contributed by atoms with Crippen LogP contribution >= 0.6 is 11.3 Å². The third-order valence-electron chi connectivity index (χ3n) is 2.80. The van der Waals surface area contributed by atoms with Gasteiger partial charge in [0.2, 0.25) is 0 Å². The Balaban J connectivity index is 1.85. The Morgan fingerprint density at radius 1 is 1.21 bits per heavy atom. The Hall–Kier alpha value is -1.39. The Morgan fingerprint density at radius 2 is 2.00 bits per heavy atom. The average molecular weight is 275 g/mol. The summed E-state index contributed by atoms with van der Waals surface area (Å²) in [6.45, 7) is 5.07. The van der Waals surface area contributed by atoms with E-state index in [-0.39, 0.29) is 0 Å². The van der Waals surface area contributed by atoms with E-state index in [1.165, 1.54) is 10.4 Å². The van der Waals surface area contributed by atoms with E-state index in [1.807, 2.05) is 6.20 Å². The number of thiazole rings is 1. The van der Waals surface area contributed by atoms with Crippen LogP contribution in [0.2, 0.25) is 0 Å². The van der Waals surface area contributed by atoms with Gasteiger partial charge in [-0.15, -0.1) is 11.3 Å². The fraction of sp³-hybridized carbons (Fsp3) is 0.400. The second-order valence-corrected chi connectivity index (χ2v) is 5.83. The molecule has 1 aromatic heterocycles. The van der Waals surface area contributed by atoms with E-state index in [2.05, 4.69) is 59.5 Å². The Bertz CT molecular complexity index is 481. The van der Waals surface area contributed by atoms with Crippen LogP contribution in [0.1, 0.15) is 23.8 Å². The third-order valence-corrected chi connectivity index (χ3v) is 3.74. The number of benzene rings is 1. The number of hydrogen-bond donors (Lipinski definition) is 1. The van der Waals surface area contributed by atoms with Crippen LogP contribution in [0.5, 0.6) is 0 Å². The number of nitrogens with one attached hydrogen (secondary N) is 1. The average Bonchev–Trinajstić information content (AvgIpc) is 2.85. The molecule has 0 spiro atoms. The number of hydrogen-bond acceptors (Lipinski definition) is 4. The standard InChI is InChI=1S/C15H21N3S/c1-3-9-16-15-17-10-14(19-15)12-18(2)11-13-7-5-4-6-8-13/h4-8,10H,3,9,11-12H2,1-2H3,(H,16,17). The minimum absolute atomic E-state index is 0.945. The van der Waals surface area contributed by atoms with Crippen LogP contribution in [-0.4, -0.2) is 23.5 Å². The molecule has 2 aromatic rings. The van der Waals surface area contributed by atoms with Crippen LogP contribution in [0.4, 0.5) is 5.13 Å². The summed E-state index contributed by atoms with van der Waals surface area (Å²) >= 11 is 1.75. The molecule has 2 rings (SSSR count). The molecule has 0 amide bonds. The van der Waals surface area contributed by atoms with Gasteiger partial charge in [-0.3, -0.25) is 4.90 Å². The van der Waals surface area contributed by atoms with Crippen LogP contribution in [0, 0.1) is 0 Å². The Morgan fingerprint density at radius 3 is 2.74 bits per heavy atom. The number of aromatic nitrogens is 1. The molecule has 1 heterocycles. The number of nitrogens with zero attached hydrogens (tertiary/aromatic N) is 2. The molecular weight excluding hydrogens is 254 g/mol. The lowest BCUT2D eigenvalue weighted by atomic mass is 10.2. The fourth-order valence-electron chi connectivity index (χ4n) is 1.91. The molecular formula is C15H21N3S. The molecule has 0 unspecified atom stereocenters. The highest BCUT2D eigenvalue weighted by atomic mass is 32.1. The van der Waals surface area contributed by atoms with Gasteiger partial charge in [0.05, 0.1) is 0 Å². The van der Waals surface area contributed by atoms with Crippen molar-refractivity contribution < 1.29 is 0 Å². The van der Waals surface area contributed by atoms with Gasteiger partial charge in [-0.05, 0) is 19.0 Å². The molecule has 102 valence electrons. The van der Waals surface area contributed by atoms with Crippen LogP contribution in [0.15, 0.2) is 36.5 Å². The van der Waals surface area contributed by atoms with Gasteiger partial charge < -0.3 is 5.32 Å². The summed E-state index contributed by atoms with van der Waals surface area (Å²) in [7, 11) is 2.14. The molecule has 0 bridgehead atoms. The first-order chi connectivity index (χ1) is 9.28. The van der Waals surface area contributed by atoms with Gasteiger partial charge in [0.25, 0.3) is 0 Å². The molecule has 1 aromatic carbocycles. The maximum Gasteiger partial charge on any atom is 0.182 e. The van der Waals surface area contributed by atoms with Crippen molar-refractivity contribution in [1.82, 2.24) is 9.88 Å². The van der Waals surface area contributed by atoms with Crippen LogP contribution < -0.4 is 5.32 Å². The summed E-state index contributed by atoms with van der Waals surface area (Å²) in [5, 5.41) is 4.36. The summed E-state index contributed by atoms with van der Waals surface area (Å²) in [4.78, 5) is 8.01. The zero-order chi connectivity index (χ0) is 13.5. The summed E-state index contributed by atoms with van der Waals surface area (Å²) in [5.41, 5.74) is 1.35. The zero-order valence-electron chi connectivity index (χ0n) is 11.6. The molecule has 0 saturated heterocycles. The van der Waals surface area contributed by atoms with Gasteiger partial charge in [0.15, 0.2) is 5.13 Å². The molecule has 0 radical (unpaired) electrons. The molecule has 19 heavy (non-hydrogen) atoms. The van der Waals surface area contributed by atoms with Gasteiger partial charge in [0.1, 0.15) is 0 Å². The highest BCUT2D eigenvalue weighted by Gasteiger charge is 2.05. The zero-order valence-corrected chi connectivity index (χ0v) is 12.4. The van der Waals surface area contributed by atoms with Crippen molar-refractivity contribution in [2.45, 2.75) is 26.4 Å². The van der Waals surface area contributed by atoms with Gasteiger partial charge in [-0.25, -0.2) is 4.98 Å². The van der Waals surface area contributed by atoms with Gasteiger partial charge in [-0.2, -0.15) is 0 Å². The lowest BCUT2D eigenvalue weighted by Crippen LogP contribution is -2.16. The van der Waals surface area contributed by atoms with Crippen LogP contribution in [0.3, 0.4) is 0 Å². The molecule has 0 aliphatic carbocycles. The van der Waals surface area contributed by atoms with E-state index in [0.717, 1.165) is 31.2 Å². The molecule has 0 saturated carbocycles. The van der Waals surface area contributed by atoms with Crippen molar-refractivity contribution in [2.75, 3.05) is 18.9 Å². The highest BCUT2D eigenvalue weighted by molar-refractivity contribution is 7.15. The topological polar surface area (TPSA) is 28.2 Å². The van der Waals surface area contributed by atoms with Crippen molar-refractivity contribution in [2.24, 2.45) is 0 Å². The van der Waals surface area contributed by atoms with E-state index in [4.69, 9.17) is 0 Å². The van der Waals surface area contributed by atoms with E-state index >= 15 is 0 Å². The smallest absolute Gasteiger partial charge is 0.182 e. The SMILES string of the molecule is CCCNc1ncc(CN(C)Cc2ccccc2)s1. The Kier molecular flexibility index (Phi) is 5.36. The number of anilines is 1. The largest absolute Gasteiger partial charge is 0.362 e. The first-order valence-electron chi connectivity index (χ1n) is 6.69. The van der Waals surface area contributed by atoms with E-state index in [0.29, 0.717) is 0 Å². The maximum atomic E-state index is 4.39. The summed E-state index contributed by atoms with van der Waals surface area (Å²) in [6, 6.07) is 10.6. The molecule has 0 aliphatic rings. The Labute approximate surface area is 119 Å². The third kappa shape index (κ3) is 4.65. The van der Waals surface area contributed by atoms with Crippen LogP contribution in [-0.2, 0) is 13.1 Å². The molecule has 4 heteroatoms. The first-order valence-corrected chi connectivity index (χ1v) is 7.50. The predicted octanol–water partition coefficient (Wildman–Crippen LogP) is 3.60. The van der Waals surface area contributed by atoms with Gasteiger partial charge >= 0.3 is 0 Å². The number of rotatable bonds is 7. The van der Waals surface area contributed by atoms with Crippen LogP contribution in [0.25, 0.3) is 0 Å². The fourth-order valence-corrected chi connectivity index (χ4v) is 2.83. The highest BCUT2D eigenvalue weighted by Crippen LogP contribution is 2.19. The van der Waals surface area contributed by atoms with E-state index in [1.54, 1.807) is 11.3 Å². The van der Waals surface area contributed by atoms with Crippen molar-refractivity contribution in [3.05, 3.63) is 47.0 Å². The lowest BCUT2D eigenvalue weighted by Gasteiger charge is -2.15. The maximum absolute atomic E-state index is 4.39. The molecule has 0 fully saturated rings. The van der Waals surface area contributed by atoms with Crippen molar-refractivity contribution >= 4 is 16.5 Å². The predicted molar refractivity (Wildman–Crippen MR) is 82.5 cm³/mol. The monoisotopic (exact) mass is 275 g/mol. The van der Waals surface area contributed by atoms with E-state index in [9.17, 15) is 0 Å². The van der Waals surface area contributed by atoms with E-state index < -0.39 is 0 Å². The minimum Gasteiger partial charge on any atom is -0.362 e. The minimum atomic E-state index is 0.945. The molecule has 1 N–H and O–H groups in total. The second kappa shape index (κ2) is 7.26. The summed E-state index contributed by atoms with van der Waals surface area (Å²) in [5.74, 6) is 0. The normalized spacial score (nSPS) is 10.9. The van der Waals surface area contributed by atoms with Crippen molar-refractivity contribution in [3.8, 4) is 0 Å². The lowest BCUT2D eigenvalue weighted by molar-refractivity contribution is 0.322. The summed E-state index contributed by atoms with van der Waals surface area (Å²) in [6.07, 6.45) is 3.10.